The molecule has 0 unspecified atom stereocenters. The maximum atomic E-state index is 5.88. The molecule has 0 aromatic carbocycles. The number of aromatic nitrogens is 2. The van der Waals surface area contributed by atoms with Crippen LogP contribution in [0.1, 0.15) is 24.5 Å². The van der Waals surface area contributed by atoms with Gasteiger partial charge in [0, 0.05) is 51.3 Å². The Balaban J connectivity index is 1.60. The van der Waals surface area contributed by atoms with Gasteiger partial charge >= 0.3 is 0 Å². The average Bonchev–Trinajstić information content (AvgIpc) is 2.50. The van der Waals surface area contributed by atoms with Crippen molar-refractivity contribution in [2.45, 2.75) is 24.8 Å². The van der Waals surface area contributed by atoms with Crippen molar-refractivity contribution >= 4 is 11.8 Å². The van der Waals surface area contributed by atoms with Crippen molar-refractivity contribution in [1.82, 2.24) is 14.9 Å². The molecule has 1 aromatic rings. The normalized spacial score (nSPS) is 25.7. The second-order valence-corrected chi connectivity index (χ2v) is 6.31. The van der Waals surface area contributed by atoms with E-state index in [1.165, 1.54) is 0 Å². The SMILES string of the molecule is CN(CCN1CCOCC1)c1cc(C2CC(N)C2)nc(N)n1. The topological polar surface area (TPSA) is 93.5 Å². The Morgan fingerprint density at radius 1 is 1.32 bits per heavy atom. The van der Waals surface area contributed by atoms with Gasteiger partial charge in [-0.2, -0.15) is 4.98 Å². The van der Waals surface area contributed by atoms with Gasteiger partial charge in [-0.15, -0.1) is 0 Å². The lowest BCUT2D eigenvalue weighted by atomic mass is 9.78. The van der Waals surface area contributed by atoms with E-state index >= 15 is 0 Å². The smallest absolute Gasteiger partial charge is 0.222 e. The third kappa shape index (κ3) is 3.66. The summed E-state index contributed by atoms with van der Waals surface area (Å²) in [4.78, 5) is 13.3. The van der Waals surface area contributed by atoms with Gasteiger partial charge in [0.15, 0.2) is 0 Å². The van der Waals surface area contributed by atoms with Gasteiger partial charge in [0.05, 0.1) is 18.9 Å². The fraction of sp³-hybridized carbons (Fsp3) is 0.733. The van der Waals surface area contributed by atoms with Crippen LogP contribution in [0.2, 0.25) is 0 Å². The van der Waals surface area contributed by atoms with Crippen molar-refractivity contribution in [2.75, 3.05) is 57.1 Å². The van der Waals surface area contributed by atoms with Gasteiger partial charge in [0.25, 0.3) is 0 Å². The van der Waals surface area contributed by atoms with Crippen molar-refractivity contribution in [1.29, 1.82) is 0 Å². The van der Waals surface area contributed by atoms with Crippen LogP contribution in [-0.4, -0.2) is 67.4 Å². The van der Waals surface area contributed by atoms with Crippen LogP contribution in [-0.2, 0) is 4.74 Å². The van der Waals surface area contributed by atoms with E-state index in [1.54, 1.807) is 0 Å². The Bertz CT molecular complexity index is 499. The number of nitrogen functional groups attached to an aromatic ring is 1. The molecule has 0 bridgehead atoms. The van der Waals surface area contributed by atoms with E-state index in [2.05, 4.69) is 32.9 Å². The lowest BCUT2D eigenvalue weighted by molar-refractivity contribution is 0.0393. The molecule has 122 valence electrons. The molecule has 0 radical (unpaired) electrons. The van der Waals surface area contributed by atoms with Crippen molar-refractivity contribution in [3.05, 3.63) is 11.8 Å². The number of anilines is 2. The fourth-order valence-corrected chi connectivity index (χ4v) is 3.01. The molecule has 22 heavy (non-hydrogen) atoms. The zero-order chi connectivity index (χ0) is 15.5. The van der Waals surface area contributed by atoms with E-state index in [0.717, 1.165) is 63.7 Å². The largest absolute Gasteiger partial charge is 0.379 e. The van der Waals surface area contributed by atoms with Gasteiger partial charge in [-0.3, -0.25) is 4.90 Å². The maximum Gasteiger partial charge on any atom is 0.222 e. The van der Waals surface area contributed by atoms with Gasteiger partial charge < -0.3 is 21.1 Å². The molecular weight excluding hydrogens is 280 g/mol. The second-order valence-electron chi connectivity index (χ2n) is 6.31. The maximum absolute atomic E-state index is 5.88. The summed E-state index contributed by atoms with van der Waals surface area (Å²) in [6.45, 7) is 5.59. The summed E-state index contributed by atoms with van der Waals surface area (Å²) in [5.41, 5.74) is 12.8. The highest BCUT2D eigenvalue weighted by molar-refractivity contribution is 5.44. The predicted molar refractivity (Wildman–Crippen MR) is 86.9 cm³/mol. The molecule has 4 N–H and O–H groups in total. The van der Waals surface area contributed by atoms with E-state index in [0.29, 0.717) is 17.9 Å². The first-order valence-corrected chi connectivity index (χ1v) is 8.03. The number of rotatable bonds is 5. The van der Waals surface area contributed by atoms with Crippen molar-refractivity contribution in [3.63, 3.8) is 0 Å². The highest BCUT2D eigenvalue weighted by atomic mass is 16.5. The summed E-state index contributed by atoms with van der Waals surface area (Å²) < 4.78 is 5.37. The minimum Gasteiger partial charge on any atom is -0.379 e. The Hall–Kier alpha value is -1.44. The number of ether oxygens (including phenoxy) is 1. The molecule has 1 saturated carbocycles. The van der Waals surface area contributed by atoms with Crippen LogP contribution in [0.15, 0.2) is 6.07 Å². The quantitative estimate of drug-likeness (QED) is 0.792. The third-order valence-corrected chi connectivity index (χ3v) is 4.59. The lowest BCUT2D eigenvalue weighted by Gasteiger charge is -2.32. The molecule has 0 amide bonds. The predicted octanol–water partition coefficient (Wildman–Crippen LogP) is 0.0319. The first kappa shape index (κ1) is 15.5. The molecule has 2 heterocycles. The van der Waals surface area contributed by atoms with Crippen LogP contribution in [0.5, 0.6) is 0 Å². The zero-order valence-electron chi connectivity index (χ0n) is 13.2. The summed E-state index contributed by atoms with van der Waals surface area (Å²) in [6.07, 6.45) is 1.99. The Labute approximate surface area is 131 Å². The van der Waals surface area contributed by atoms with Crippen LogP contribution in [0.25, 0.3) is 0 Å². The van der Waals surface area contributed by atoms with E-state index in [4.69, 9.17) is 16.2 Å². The second kappa shape index (κ2) is 6.76. The van der Waals surface area contributed by atoms with Gasteiger partial charge in [-0.25, -0.2) is 4.98 Å². The van der Waals surface area contributed by atoms with Crippen LogP contribution in [0.3, 0.4) is 0 Å². The van der Waals surface area contributed by atoms with E-state index in [1.807, 2.05) is 0 Å². The van der Waals surface area contributed by atoms with Crippen LogP contribution < -0.4 is 16.4 Å². The standard InChI is InChI=1S/C15H26N6O/c1-20(2-3-21-4-6-22-7-5-21)14-10-13(18-15(17)19-14)11-8-12(16)9-11/h10-12H,2-9,16H2,1H3,(H2,17,18,19). The number of nitrogens with zero attached hydrogens (tertiary/aromatic N) is 4. The molecular formula is C15H26N6O. The minimum absolute atomic E-state index is 0.309. The molecule has 0 atom stereocenters. The number of hydrogen-bond donors (Lipinski definition) is 2. The molecule has 2 aliphatic rings. The molecule has 1 aliphatic heterocycles. The van der Waals surface area contributed by atoms with Crippen molar-refractivity contribution in [2.24, 2.45) is 5.73 Å². The minimum atomic E-state index is 0.309. The Morgan fingerprint density at radius 3 is 2.73 bits per heavy atom. The van der Waals surface area contributed by atoms with Gasteiger partial charge in [0.2, 0.25) is 5.95 Å². The summed E-state index contributed by atoms with van der Waals surface area (Å²) in [7, 11) is 2.05. The summed E-state index contributed by atoms with van der Waals surface area (Å²) >= 11 is 0. The van der Waals surface area contributed by atoms with Crippen LogP contribution in [0, 0.1) is 0 Å². The van der Waals surface area contributed by atoms with Crippen LogP contribution in [0.4, 0.5) is 11.8 Å². The fourth-order valence-electron chi connectivity index (χ4n) is 3.01. The molecule has 1 aliphatic carbocycles. The highest BCUT2D eigenvalue weighted by Gasteiger charge is 2.29. The molecule has 7 nitrogen and oxygen atoms in total. The average molecular weight is 306 g/mol. The van der Waals surface area contributed by atoms with E-state index in [-0.39, 0.29) is 0 Å². The number of nitrogens with two attached hydrogens (primary N) is 2. The van der Waals surface area contributed by atoms with Gasteiger partial charge in [0.1, 0.15) is 5.82 Å². The Morgan fingerprint density at radius 2 is 2.05 bits per heavy atom. The molecule has 3 rings (SSSR count). The molecule has 0 spiro atoms. The van der Waals surface area contributed by atoms with Crippen molar-refractivity contribution in [3.8, 4) is 0 Å². The monoisotopic (exact) mass is 306 g/mol. The summed E-state index contributed by atoms with van der Waals surface area (Å²) in [5.74, 6) is 1.69. The summed E-state index contributed by atoms with van der Waals surface area (Å²) in [5, 5.41) is 0. The first-order valence-electron chi connectivity index (χ1n) is 8.03. The Kier molecular flexibility index (Phi) is 4.75. The number of hydrogen-bond acceptors (Lipinski definition) is 7. The van der Waals surface area contributed by atoms with E-state index in [9.17, 15) is 0 Å². The van der Waals surface area contributed by atoms with Gasteiger partial charge in [-0.1, -0.05) is 0 Å². The lowest BCUT2D eigenvalue weighted by Crippen LogP contribution is -2.41. The molecule has 2 fully saturated rings. The third-order valence-electron chi connectivity index (χ3n) is 4.59. The van der Waals surface area contributed by atoms with E-state index < -0.39 is 0 Å². The molecule has 1 aromatic heterocycles. The van der Waals surface area contributed by atoms with Crippen molar-refractivity contribution < 1.29 is 4.74 Å². The zero-order valence-corrected chi connectivity index (χ0v) is 13.2. The molecule has 7 heteroatoms. The first-order chi connectivity index (χ1) is 10.6. The number of morpholine rings is 1. The number of likely N-dealkylation sites (N-methyl/N-ethyl adjacent to an activating group) is 1. The van der Waals surface area contributed by atoms with Gasteiger partial charge in [-0.05, 0) is 12.8 Å². The van der Waals surface area contributed by atoms with Crippen LogP contribution >= 0.6 is 0 Å². The summed E-state index contributed by atoms with van der Waals surface area (Å²) in [6, 6.07) is 2.37. The molecule has 1 saturated heterocycles. The highest BCUT2D eigenvalue weighted by Crippen LogP contribution is 2.35.